The number of hydrogen-bond acceptors (Lipinski definition) is 6. The van der Waals surface area contributed by atoms with Crippen molar-refractivity contribution in [2.24, 2.45) is 0 Å². The SMILES string of the molecule is CCOc1ccc(-c2ccnc(N3CCN(C(=O)c4ccccc4OC)CC3)n2)cc1. The van der Waals surface area contributed by atoms with Crippen LogP contribution in [0.3, 0.4) is 0 Å². The Kier molecular flexibility index (Phi) is 6.31. The van der Waals surface area contributed by atoms with E-state index in [9.17, 15) is 4.79 Å². The molecule has 3 aromatic rings. The zero-order valence-corrected chi connectivity index (χ0v) is 17.8. The molecule has 0 saturated carbocycles. The van der Waals surface area contributed by atoms with Gasteiger partial charge in [-0.25, -0.2) is 9.97 Å². The lowest BCUT2D eigenvalue weighted by molar-refractivity contribution is 0.0743. The van der Waals surface area contributed by atoms with Gasteiger partial charge in [-0.3, -0.25) is 4.79 Å². The van der Waals surface area contributed by atoms with Crippen molar-refractivity contribution in [2.45, 2.75) is 6.92 Å². The molecule has 7 nitrogen and oxygen atoms in total. The van der Waals surface area contributed by atoms with Gasteiger partial charge in [0.15, 0.2) is 0 Å². The summed E-state index contributed by atoms with van der Waals surface area (Å²) < 4.78 is 10.8. The van der Waals surface area contributed by atoms with Crippen molar-refractivity contribution in [3.05, 3.63) is 66.4 Å². The molecule has 0 atom stereocenters. The van der Waals surface area contributed by atoms with E-state index in [1.54, 1.807) is 19.4 Å². The van der Waals surface area contributed by atoms with Crippen LogP contribution in [0.5, 0.6) is 11.5 Å². The quantitative estimate of drug-likeness (QED) is 0.610. The third kappa shape index (κ3) is 4.60. The van der Waals surface area contributed by atoms with Crippen molar-refractivity contribution in [1.29, 1.82) is 0 Å². The molecule has 2 heterocycles. The first-order chi connectivity index (χ1) is 15.2. The summed E-state index contributed by atoms with van der Waals surface area (Å²) >= 11 is 0. The Morgan fingerprint density at radius 1 is 1.00 bits per heavy atom. The second-order valence-corrected chi connectivity index (χ2v) is 7.18. The summed E-state index contributed by atoms with van der Waals surface area (Å²) in [5, 5.41) is 0. The maximum Gasteiger partial charge on any atom is 0.257 e. The summed E-state index contributed by atoms with van der Waals surface area (Å²) in [6.45, 7) is 5.17. The second-order valence-electron chi connectivity index (χ2n) is 7.18. The average molecular weight is 418 g/mol. The highest BCUT2D eigenvalue weighted by atomic mass is 16.5. The Hall–Kier alpha value is -3.61. The highest BCUT2D eigenvalue weighted by Gasteiger charge is 2.25. The van der Waals surface area contributed by atoms with E-state index in [-0.39, 0.29) is 5.91 Å². The van der Waals surface area contributed by atoms with Gasteiger partial charge in [0.05, 0.1) is 25.0 Å². The smallest absolute Gasteiger partial charge is 0.257 e. The van der Waals surface area contributed by atoms with Crippen LogP contribution >= 0.6 is 0 Å². The molecule has 7 heteroatoms. The minimum absolute atomic E-state index is 0.0128. The molecule has 2 aromatic carbocycles. The fourth-order valence-electron chi connectivity index (χ4n) is 3.65. The van der Waals surface area contributed by atoms with E-state index in [1.807, 2.05) is 60.4 Å². The summed E-state index contributed by atoms with van der Waals surface area (Å²) in [6, 6.07) is 17.1. The van der Waals surface area contributed by atoms with E-state index in [2.05, 4.69) is 9.88 Å². The topological polar surface area (TPSA) is 67.8 Å². The third-order valence-electron chi connectivity index (χ3n) is 5.29. The molecule has 1 aliphatic rings. The molecule has 1 aliphatic heterocycles. The summed E-state index contributed by atoms with van der Waals surface area (Å²) in [5.41, 5.74) is 2.46. The van der Waals surface area contributed by atoms with Gasteiger partial charge in [0.2, 0.25) is 5.95 Å². The van der Waals surface area contributed by atoms with Gasteiger partial charge in [-0.15, -0.1) is 0 Å². The normalized spacial score (nSPS) is 13.7. The van der Waals surface area contributed by atoms with Crippen LogP contribution in [0.2, 0.25) is 0 Å². The first-order valence-corrected chi connectivity index (χ1v) is 10.4. The number of ether oxygens (including phenoxy) is 2. The average Bonchev–Trinajstić information content (AvgIpc) is 2.84. The lowest BCUT2D eigenvalue weighted by Gasteiger charge is -2.35. The minimum atomic E-state index is -0.0128. The fraction of sp³-hybridized carbons (Fsp3) is 0.292. The van der Waals surface area contributed by atoms with Gasteiger partial charge in [-0.1, -0.05) is 12.1 Å². The number of hydrogen-bond donors (Lipinski definition) is 0. The maximum absolute atomic E-state index is 12.9. The number of rotatable bonds is 6. The van der Waals surface area contributed by atoms with Crippen molar-refractivity contribution in [2.75, 3.05) is 44.8 Å². The Labute approximate surface area is 182 Å². The number of para-hydroxylation sites is 1. The van der Waals surface area contributed by atoms with Crippen molar-refractivity contribution in [3.63, 3.8) is 0 Å². The zero-order valence-electron chi connectivity index (χ0n) is 17.8. The number of aromatic nitrogens is 2. The molecular weight excluding hydrogens is 392 g/mol. The van der Waals surface area contributed by atoms with Gasteiger partial charge in [-0.05, 0) is 49.4 Å². The molecule has 160 valence electrons. The number of benzene rings is 2. The maximum atomic E-state index is 12.9. The van der Waals surface area contributed by atoms with Crippen LogP contribution in [0.1, 0.15) is 17.3 Å². The molecule has 31 heavy (non-hydrogen) atoms. The molecule has 0 spiro atoms. The number of carbonyl (C=O) groups excluding carboxylic acids is 1. The van der Waals surface area contributed by atoms with Gasteiger partial charge in [0, 0.05) is 37.9 Å². The molecule has 1 saturated heterocycles. The molecule has 0 unspecified atom stereocenters. The van der Waals surface area contributed by atoms with E-state index >= 15 is 0 Å². The predicted octanol–water partition coefficient (Wildman–Crippen LogP) is 3.51. The molecule has 1 aromatic heterocycles. The molecule has 1 amide bonds. The predicted molar refractivity (Wildman–Crippen MR) is 120 cm³/mol. The lowest BCUT2D eigenvalue weighted by atomic mass is 10.1. The Bertz CT molecular complexity index is 1030. The molecule has 0 bridgehead atoms. The van der Waals surface area contributed by atoms with Gasteiger partial charge in [0.1, 0.15) is 11.5 Å². The highest BCUT2D eigenvalue weighted by molar-refractivity contribution is 5.97. The van der Waals surface area contributed by atoms with Crippen LogP contribution in [0.15, 0.2) is 60.8 Å². The first kappa shape index (κ1) is 20.7. The number of nitrogens with zero attached hydrogens (tertiary/aromatic N) is 4. The molecule has 1 fully saturated rings. The number of anilines is 1. The Morgan fingerprint density at radius 2 is 1.74 bits per heavy atom. The summed E-state index contributed by atoms with van der Waals surface area (Å²) in [7, 11) is 1.58. The first-order valence-electron chi connectivity index (χ1n) is 10.4. The highest BCUT2D eigenvalue weighted by Crippen LogP contribution is 2.24. The zero-order chi connectivity index (χ0) is 21.6. The van der Waals surface area contributed by atoms with Crippen LogP contribution in [-0.2, 0) is 0 Å². The van der Waals surface area contributed by atoms with Crippen LogP contribution in [0.25, 0.3) is 11.3 Å². The van der Waals surface area contributed by atoms with Gasteiger partial charge < -0.3 is 19.3 Å². The lowest BCUT2D eigenvalue weighted by Crippen LogP contribution is -2.49. The van der Waals surface area contributed by atoms with Crippen molar-refractivity contribution >= 4 is 11.9 Å². The Balaban J connectivity index is 1.43. The summed E-state index contributed by atoms with van der Waals surface area (Å²) in [4.78, 5) is 26.1. The van der Waals surface area contributed by atoms with E-state index < -0.39 is 0 Å². The van der Waals surface area contributed by atoms with Crippen molar-refractivity contribution < 1.29 is 14.3 Å². The molecule has 4 rings (SSSR count). The number of piperazine rings is 1. The summed E-state index contributed by atoms with van der Waals surface area (Å²) in [5.74, 6) is 2.11. The number of amides is 1. The molecular formula is C24H26N4O3. The third-order valence-corrected chi connectivity index (χ3v) is 5.29. The van der Waals surface area contributed by atoms with E-state index in [4.69, 9.17) is 14.5 Å². The standard InChI is InChI=1S/C24H26N4O3/c1-3-31-19-10-8-18(9-11-19)21-12-13-25-24(26-21)28-16-14-27(15-17-28)23(29)20-6-4-5-7-22(20)30-2/h4-13H,3,14-17H2,1-2H3. The molecule has 0 N–H and O–H groups in total. The second kappa shape index (κ2) is 9.47. The number of carbonyl (C=O) groups is 1. The van der Waals surface area contributed by atoms with Crippen LogP contribution in [-0.4, -0.2) is 60.7 Å². The van der Waals surface area contributed by atoms with Gasteiger partial charge >= 0.3 is 0 Å². The van der Waals surface area contributed by atoms with Gasteiger partial charge in [-0.2, -0.15) is 0 Å². The van der Waals surface area contributed by atoms with E-state index in [1.165, 1.54) is 0 Å². The van der Waals surface area contributed by atoms with Crippen LogP contribution in [0.4, 0.5) is 5.95 Å². The monoisotopic (exact) mass is 418 g/mol. The minimum Gasteiger partial charge on any atom is -0.496 e. The molecule has 0 aliphatic carbocycles. The molecule has 0 radical (unpaired) electrons. The van der Waals surface area contributed by atoms with Crippen molar-refractivity contribution in [3.8, 4) is 22.8 Å². The van der Waals surface area contributed by atoms with E-state index in [0.717, 1.165) is 17.0 Å². The fourth-order valence-corrected chi connectivity index (χ4v) is 3.65. The largest absolute Gasteiger partial charge is 0.496 e. The van der Waals surface area contributed by atoms with Gasteiger partial charge in [0.25, 0.3) is 5.91 Å². The van der Waals surface area contributed by atoms with Crippen molar-refractivity contribution in [1.82, 2.24) is 14.9 Å². The van der Waals surface area contributed by atoms with E-state index in [0.29, 0.717) is 50.0 Å². The summed E-state index contributed by atoms with van der Waals surface area (Å²) in [6.07, 6.45) is 1.78. The van der Waals surface area contributed by atoms with Crippen LogP contribution in [0, 0.1) is 0 Å². The Morgan fingerprint density at radius 3 is 2.45 bits per heavy atom. The van der Waals surface area contributed by atoms with Crippen LogP contribution < -0.4 is 14.4 Å². The number of methoxy groups -OCH3 is 1.